The van der Waals surface area contributed by atoms with Crippen LogP contribution in [0.1, 0.15) is 25.1 Å². The van der Waals surface area contributed by atoms with Crippen LogP contribution in [-0.4, -0.2) is 24.0 Å². The van der Waals surface area contributed by atoms with E-state index in [0.717, 1.165) is 10.9 Å². The van der Waals surface area contributed by atoms with Gasteiger partial charge in [-0.05, 0) is 35.9 Å². The van der Waals surface area contributed by atoms with E-state index < -0.39 is 11.9 Å². The van der Waals surface area contributed by atoms with Crippen molar-refractivity contribution in [2.24, 2.45) is 0 Å². The molecule has 0 fully saturated rings. The number of aromatic nitrogens is 1. The van der Waals surface area contributed by atoms with Gasteiger partial charge in [0.1, 0.15) is 5.52 Å². The lowest BCUT2D eigenvalue weighted by Crippen LogP contribution is -2.03. The molecule has 2 aromatic carbocycles. The SMILES string of the molecule is COc1ccc(/C=C/c2ccc3cccc(OC(C)=O)c3n2)cc1OC(C)=O. The summed E-state index contributed by atoms with van der Waals surface area (Å²) in [5, 5.41) is 0.873. The van der Waals surface area contributed by atoms with Crippen molar-refractivity contribution < 1.29 is 23.8 Å². The minimum atomic E-state index is -0.423. The standard InChI is InChI=1S/C22H19NO5/c1-14(24)27-20-6-4-5-17-9-11-18(23-22(17)20)10-7-16-8-12-19(26-3)21(13-16)28-15(2)25/h4-13H,1-3H3/b10-7+. The van der Waals surface area contributed by atoms with Crippen molar-refractivity contribution in [1.82, 2.24) is 4.98 Å². The Hall–Kier alpha value is -3.67. The molecule has 6 heteroatoms. The fraction of sp³-hybridized carbons (Fsp3) is 0.136. The summed E-state index contributed by atoms with van der Waals surface area (Å²) in [6.07, 6.45) is 3.67. The molecule has 1 aromatic heterocycles. The molecule has 0 unspecified atom stereocenters. The van der Waals surface area contributed by atoms with Crippen molar-refractivity contribution in [3.05, 3.63) is 59.8 Å². The van der Waals surface area contributed by atoms with Crippen molar-refractivity contribution in [3.63, 3.8) is 0 Å². The zero-order chi connectivity index (χ0) is 20.1. The molecule has 3 rings (SSSR count). The van der Waals surface area contributed by atoms with Gasteiger partial charge < -0.3 is 14.2 Å². The number of para-hydroxylation sites is 1. The van der Waals surface area contributed by atoms with Crippen LogP contribution >= 0.6 is 0 Å². The molecular weight excluding hydrogens is 358 g/mol. The van der Waals surface area contributed by atoms with Crippen LogP contribution in [-0.2, 0) is 9.59 Å². The molecule has 3 aromatic rings. The Morgan fingerprint density at radius 2 is 1.61 bits per heavy atom. The number of ether oxygens (including phenoxy) is 3. The number of carbonyl (C=O) groups is 2. The fourth-order valence-corrected chi connectivity index (χ4v) is 2.68. The molecule has 0 aliphatic heterocycles. The second-order valence-electron chi connectivity index (χ2n) is 5.99. The lowest BCUT2D eigenvalue weighted by atomic mass is 10.1. The highest BCUT2D eigenvalue weighted by Gasteiger charge is 2.08. The van der Waals surface area contributed by atoms with Crippen molar-refractivity contribution in [2.75, 3.05) is 7.11 Å². The van der Waals surface area contributed by atoms with Crippen molar-refractivity contribution in [3.8, 4) is 17.2 Å². The topological polar surface area (TPSA) is 74.7 Å². The van der Waals surface area contributed by atoms with E-state index in [4.69, 9.17) is 14.2 Å². The molecule has 0 aliphatic rings. The highest BCUT2D eigenvalue weighted by atomic mass is 16.6. The monoisotopic (exact) mass is 377 g/mol. The van der Waals surface area contributed by atoms with Gasteiger partial charge in [0.25, 0.3) is 0 Å². The summed E-state index contributed by atoms with van der Waals surface area (Å²) < 4.78 is 15.6. The van der Waals surface area contributed by atoms with Gasteiger partial charge in [0, 0.05) is 19.2 Å². The average molecular weight is 377 g/mol. The number of nitrogens with zero attached hydrogens (tertiary/aromatic N) is 1. The van der Waals surface area contributed by atoms with Crippen molar-refractivity contribution in [1.29, 1.82) is 0 Å². The highest BCUT2D eigenvalue weighted by Crippen LogP contribution is 2.29. The lowest BCUT2D eigenvalue weighted by Gasteiger charge is -2.08. The Labute approximate surface area is 162 Å². The first-order valence-electron chi connectivity index (χ1n) is 8.59. The van der Waals surface area contributed by atoms with Crippen LogP contribution in [0.25, 0.3) is 23.1 Å². The highest BCUT2D eigenvalue weighted by molar-refractivity contribution is 5.88. The number of carbonyl (C=O) groups excluding carboxylic acids is 2. The van der Waals surface area contributed by atoms with Crippen LogP contribution in [0.4, 0.5) is 0 Å². The molecular formula is C22H19NO5. The summed E-state index contributed by atoms with van der Waals surface area (Å²) in [4.78, 5) is 27.1. The minimum absolute atomic E-state index is 0.348. The third kappa shape index (κ3) is 4.54. The van der Waals surface area contributed by atoms with E-state index in [1.165, 1.54) is 21.0 Å². The smallest absolute Gasteiger partial charge is 0.308 e. The maximum atomic E-state index is 11.3. The van der Waals surface area contributed by atoms with E-state index in [9.17, 15) is 9.59 Å². The molecule has 0 spiro atoms. The van der Waals surface area contributed by atoms with E-state index >= 15 is 0 Å². The molecule has 1 heterocycles. The predicted molar refractivity (Wildman–Crippen MR) is 106 cm³/mol. The molecule has 0 atom stereocenters. The van der Waals surface area contributed by atoms with E-state index in [1.54, 1.807) is 18.2 Å². The number of benzene rings is 2. The molecule has 6 nitrogen and oxygen atoms in total. The number of rotatable bonds is 5. The van der Waals surface area contributed by atoms with Crippen molar-refractivity contribution >= 4 is 35.0 Å². The Morgan fingerprint density at radius 1 is 0.857 bits per heavy atom. The Balaban J connectivity index is 1.92. The molecule has 0 aliphatic carbocycles. The van der Waals surface area contributed by atoms with Gasteiger partial charge in [-0.25, -0.2) is 4.98 Å². The first-order chi connectivity index (χ1) is 13.5. The maximum Gasteiger partial charge on any atom is 0.308 e. The third-order valence-corrected chi connectivity index (χ3v) is 3.85. The number of hydrogen-bond acceptors (Lipinski definition) is 6. The molecule has 28 heavy (non-hydrogen) atoms. The van der Waals surface area contributed by atoms with Crippen LogP contribution < -0.4 is 14.2 Å². The van der Waals surface area contributed by atoms with Crippen molar-refractivity contribution in [2.45, 2.75) is 13.8 Å². The Kier molecular flexibility index (Phi) is 5.69. The number of methoxy groups -OCH3 is 1. The Morgan fingerprint density at radius 3 is 2.32 bits per heavy atom. The van der Waals surface area contributed by atoms with Crippen LogP contribution in [0.15, 0.2) is 48.5 Å². The lowest BCUT2D eigenvalue weighted by molar-refractivity contribution is -0.132. The molecule has 0 bridgehead atoms. The number of pyridine rings is 1. The third-order valence-electron chi connectivity index (χ3n) is 3.85. The minimum Gasteiger partial charge on any atom is -0.493 e. The van der Waals surface area contributed by atoms with Crippen LogP contribution in [0, 0.1) is 0 Å². The summed E-state index contributed by atoms with van der Waals surface area (Å²) in [5.41, 5.74) is 2.11. The van der Waals surface area contributed by atoms with Gasteiger partial charge in [-0.2, -0.15) is 0 Å². The van der Waals surface area contributed by atoms with Crippen LogP contribution in [0.3, 0.4) is 0 Å². The average Bonchev–Trinajstić information content (AvgIpc) is 2.66. The Bertz CT molecular complexity index is 1070. The normalized spacial score (nSPS) is 10.8. The molecule has 0 saturated carbocycles. The van der Waals surface area contributed by atoms with Gasteiger partial charge in [-0.15, -0.1) is 0 Å². The second-order valence-corrected chi connectivity index (χ2v) is 5.99. The first kappa shape index (κ1) is 19.1. The molecule has 0 N–H and O–H groups in total. The zero-order valence-electron chi connectivity index (χ0n) is 15.8. The van der Waals surface area contributed by atoms with E-state index in [1.807, 2.05) is 42.5 Å². The number of hydrogen-bond donors (Lipinski definition) is 0. The predicted octanol–water partition coefficient (Wildman–Crippen LogP) is 4.26. The molecule has 0 radical (unpaired) electrons. The summed E-state index contributed by atoms with van der Waals surface area (Å²) in [6.45, 7) is 2.69. The van der Waals surface area contributed by atoms with Crippen LogP contribution in [0.2, 0.25) is 0 Å². The number of esters is 2. The first-order valence-corrected chi connectivity index (χ1v) is 8.59. The van der Waals surface area contributed by atoms with Gasteiger partial charge in [-0.3, -0.25) is 9.59 Å². The quantitative estimate of drug-likeness (QED) is 0.488. The maximum absolute atomic E-state index is 11.3. The van der Waals surface area contributed by atoms with Gasteiger partial charge in [0.2, 0.25) is 0 Å². The van der Waals surface area contributed by atoms with Gasteiger partial charge in [0.15, 0.2) is 17.2 Å². The van der Waals surface area contributed by atoms with Gasteiger partial charge >= 0.3 is 11.9 Å². The molecule has 142 valence electrons. The zero-order valence-corrected chi connectivity index (χ0v) is 15.8. The summed E-state index contributed by atoms with van der Waals surface area (Å²) in [7, 11) is 1.51. The molecule has 0 saturated heterocycles. The van der Waals surface area contributed by atoms with E-state index in [-0.39, 0.29) is 0 Å². The second kappa shape index (κ2) is 8.35. The van der Waals surface area contributed by atoms with E-state index in [2.05, 4.69) is 4.98 Å². The van der Waals surface area contributed by atoms with Gasteiger partial charge in [0.05, 0.1) is 12.8 Å². The molecule has 0 amide bonds. The summed E-state index contributed by atoms with van der Waals surface area (Å²) >= 11 is 0. The largest absolute Gasteiger partial charge is 0.493 e. The fourth-order valence-electron chi connectivity index (χ4n) is 2.68. The van der Waals surface area contributed by atoms with Crippen LogP contribution in [0.5, 0.6) is 17.2 Å². The summed E-state index contributed by atoms with van der Waals surface area (Å²) in [6, 6.07) is 14.5. The number of fused-ring (bicyclic) bond motifs is 1. The van der Waals surface area contributed by atoms with E-state index in [0.29, 0.717) is 28.5 Å². The van der Waals surface area contributed by atoms with Gasteiger partial charge in [-0.1, -0.05) is 30.3 Å². The summed E-state index contributed by atoms with van der Waals surface area (Å²) in [5.74, 6) is 0.421.